The third kappa shape index (κ3) is 6.61. The Morgan fingerprint density at radius 1 is 1.05 bits per heavy atom. The standard InChI is InChI=1S/C19H32/c1-7-11-15-18(16(5)6)19(14-10-4)17(12-8-2)13-9-3/h7,11,14-15,17H,1,8-10,12-13H2,2-6H3/b15-11-,19-14-. The average molecular weight is 260 g/mol. The highest BCUT2D eigenvalue weighted by atomic mass is 14.2. The first kappa shape index (κ1) is 18.0. The van der Waals surface area contributed by atoms with E-state index in [0.29, 0.717) is 5.92 Å². The van der Waals surface area contributed by atoms with Gasteiger partial charge in [0.15, 0.2) is 0 Å². The quantitative estimate of drug-likeness (QED) is 0.409. The van der Waals surface area contributed by atoms with Crippen LogP contribution in [-0.2, 0) is 0 Å². The highest BCUT2D eigenvalue weighted by Gasteiger charge is 2.15. The highest BCUT2D eigenvalue weighted by Crippen LogP contribution is 2.31. The first-order valence-electron chi connectivity index (χ1n) is 7.79. The van der Waals surface area contributed by atoms with E-state index in [2.05, 4.69) is 59.4 Å². The summed E-state index contributed by atoms with van der Waals surface area (Å²) in [7, 11) is 0. The van der Waals surface area contributed by atoms with E-state index in [1.54, 1.807) is 5.57 Å². The Bertz CT molecular complexity index is 329. The lowest BCUT2D eigenvalue weighted by Crippen LogP contribution is -2.07. The topological polar surface area (TPSA) is 0 Å². The van der Waals surface area contributed by atoms with Gasteiger partial charge >= 0.3 is 0 Å². The molecule has 19 heavy (non-hydrogen) atoms. The largest absolute Gasteiger partial charge is 0.0991 e. The van der Waals surface area contributed by atoms with Crippen molar-refractivity contribution in [3.05, 3.63) is 47.6 Å². The molecule has 0 unspecified atom stereocenters. The van der Waals surface area contributed by atoms with Crippen molar-refractivity contribution in [3.63, 3.8) is 0 Å². The predicted octanol–water partition coefficient (Wildman–Crippen LogP) is 6.62. The maximum atomic E-state index is 3.79. The normalized spacial score (nSPS) is 12.2. The summed E-state index contributed by atoms with van der Waals surface area (Å²) >= 11 is 0. The summed E-state index contributed by atoms with van der Waals surface area (Å²) in [5.74, 6) is 0.703. The smallest absolute Gasteiger partial charge is 0.0159 e. The van der Waals surface area contributed by atoms with E-state index in [9.17, 15) is 0 Å². The van der Waals surface area contributed by atoms with Gasteiger partial charge in [-0.05, 0) is 50.2 Å². The minimum atomic E-state index is 0.703. The molecule has 0 aromatic heterocycles. The molecule has 108 valence electrons. The van der Waals surface area contributed by atoms with Crippen molar-refractivity contribution in [1.29, 1.82) is 0 Å². The van der Waals surface area contributed by atoms with Crippen LogP contribution in [0, 0.1) is 5.92 Å². The van der Waals surface area contributed by atoms with Gasteiger partial charge in [0.1, 0.15) is 0 Å². The number of hydrogen-bond donors (Lipinski definition) is 0. The van der Waals surface area contributed by atoms with Crippen LogP contribution in [0.3, 0.4) is 0 Å². The minimum absolute atomic E-state index is 0.703. The van der Waals surface area contributed by atoms with Crippen molar-refractivity contribution in [2.45, 2.75) is 66.7 Å². The van der Waals surface area contributed by atoms with Gasteiger partial charge in [-0.25, -0.2) is 0 Å². The zero-order chi connectivity index (χ0) is 14.7. The van der Waals surface area contributed by atoms with Crippen molar-refractivity contribution in [1.82, 2.24) is 0 Å². The van der Waals surface area contributed by atoms with Gasteiger partial charge in [-0.1, -0.05) is 70.1 Å². The molecule has 0 atom stereocenters. The third-order valence-corrected chi connectivity index (χ3v) is 3.39. The Hall–Kier alpha value is -1.04. The predicted molar refractivity (Wildman–Crippen MR) is 89.4 cm³/mol. The van der Waals surface area contributed by atoms with Crippen molar-refractivity contribution in [2.75, 3.05) is 0 Å². The minimum Gasteiger partial charge on any atom is -0.0991 e. The Balaban J connectivity index is 5.47. The van der Waals surface area contributed by atoms with Crippen LogP contribution in [0.1, 0.15) is 66.7 Å². The SMILES string of the molecule is C=C/C=C\C(=C(C)C)/C(=C\CC)C(CCC)CCC. The van der Waals surface area contributed by atoms with Crippen LogP contribution in [-0.4, -0.2) is 0 Å². The van der Waals surface area contributed by atoms with Gasteiger partial charge in [0.25, 0.3) is 0 Å². The Labute approximate surface area is 121 Å². The Morgan fingerprint density at radius 2 is 1.63 bits per heavy atom. The molecule has 0 heterocycles. The summed E-state index contributed by atoms with van der Waals surface area (Å²) in [5.41, 5.74) is 4.35. The van der Waals surface area contributed by atoms with E-state index >= 15 is 0 Å². The number of hydrogen-bond acceptors (Lipinski definition) is 0. The fourth-order valence-corrected chi connectivity index (χ4v) is 2.58. The van der Waals surface area contributed by atoms with Gasteiger partial charge < -0.3 is 0 Å². The van der Waals surface area contributed by atoms with Gasteiger partial charge in [0, 0.05) is 0 Å². The molecule has 0 amide bonds. The van der Waals surface area contributed by atoms with Crippen molar-refractivity contribution in [2.24, 2.45) is 5.92 Å². The second-order valence-corrected chi connectivity index (χ2v) is 5.35. The monoisotopic (exact) mass is 260 g/mol. The molecule has 0 radical (unpaired) electrons. The fraction of sp³-hybridized carbons (Fsp3) is 0.579. The molecule has 0 aromatic carbocycles. The van der Waals surface area contributed by atoms with Crippen LogP contribution in [0.15, 0.2) is 47.6 Å². The molecule has 0 saturated carbocycles. The van der Waals surface area contributed by atoms with E-state index in [0.717, 1.165) is 6.42 Å². The summed E-state index contributed by atoms with van der Waals surface area (Å²) in [6.45, 7) is 15.0. The Morgan fingerprint density at radius 3 is 2.00 bits per heavy atom. The summed E-state index contributed by atoms with van der Waals surface area (Å²) in [6.07, 6.45) is 14.8. The number of rotatable bonds is 9. The zero-order valence-electron chi connectivity index (χ0n) is 13.6. The van der Waals surface area contributed by atoms with Crippen LogP contribution < -0.4 is 0 Å². The molecular weight excluding hydrogens is 228 g/mol. The van der Waals surface area contributed by atoms with Crippen molar-refractivity contribution in [3.8, 4) is 0 Å². The average Bonchev–Trinajstić information content (AvgIpc) is 2.37. The first-order chi connectivity index (χ1) is 9.12. The van der Waals surface area contributed by atoms with E-state index in [-0.39, 0.29) is 0 Å². The lowest BCUT2D eigenvalue weighted by molar-refractivity contribution is 0.507. The van der Waals surface area contributed by atoms with E-state index in [1.807, 2.05) is 6.08 Å². The molecule has 0 heteroatoms. The van der Waals surface area contributed by atoms with Gasteiger partial charge in [-0.2, -0.15) is 0 Å². The molecule has 0 spiro atoms. The second kappa shape index (κ2) is 10.8. The highest BCUT2D eigenvalue weighted by molar-refractivity contribution is 5.44. The van der Waals surface area contributed by atoms with Crippen LogP contribution in [0.25, 0.3) is 0 Å². The molecule has 0 N–H and O–H groups in total. The molecule has 0 nitrogen and oxygen atoms in total. The zero-order valence-corrected chi connectivity index (χ0v) is 13.6. The van der Waals surface area contributed by atoms with Gasteiger partial charge in [0.05, 0.1) is 0 Å². The molecule has 0 aliphatic rings. The molecule has 0 aromatic rings. The van der Waals surface area contributed by atoms with Gasteiger partial charge in [0.2, 0.25) is 0 Å². The maximum Gasteiger partial charge on any atom is -0.0159 e. The van der Waals surface area contributed by atoms with Crippen LogP contribution in [0.5, 0.6) is 0 Å². The van der Waals surface area contributed by atoms with E-state index < -0.39 is 0 Å². The van der Waals surface area contributed by atoms with Gasteiger partial charge in [-0.3, -0.25) is 0 Å². The number of allylic oxidation sites excluding steroid dienone is 7. The second-order valence-electron chi connectivity index (χ2n) is 5.35. The van der Waals surface area contributed by atoms with Crippen molar-refractivity contribution < 1.29 is 0 Å². The molecule has 0 rings (SSSR count). The summed E-state index contributed by atoms with van der Waals surface area (Å²) < 4.78 is 0. The summed E-state index contributed by atoms with van der Waals surface area (Å²) in [6, 6.07) is 0. The lowest BCUT2D eigenvalue weighted by Gasteiger charge is -2.22. The molecule has 0 fully saturated rings. The maximum absolute atomic E-state index is 3.79. The lowest BCUT2D eigenvalue weighted by atomic mass is 9.83. The van der Waals surface area contributed by atoms with Crippen LogP contribution in [0.4, 0.5) is 0 Å². The van der Waals surface area contributed by atoms with Crippen LogP contribution in [0.2, 0.25) is 0 Å². The fourth-order valence-electron chi connectivity index (χ4n) is 2.58. The van der Waals surface area contributed by atoms with Crippen LogP contribution >= 0.6 is 0 Å². The third-order valence-electron chi connectivity index (χ3n) is 3.39. The molecule has 0 saturated heterocycles. The Kier molecular flexibility index (Phi) is 10.2. The van der Waals surface area contributed by atoms with E-state index in [4.69, 9.17) is 0 Å². The molecular formula is C19H32. The summed E-state index contributed by atoms with van der Waals surface area (Å²) in [4.78, 5) is 0. The van der Waals surface area contributed by atoms with Crippen molar-refractivity contribution >= 4 is 0 Å². The molecule has 0 aliphatic carbocycles. The molecule has 0 aliphatic heterocycles. The van der Waals surface area contributed by atoms with E-state index in [1.165, 1.54) is 36.8 Å². The van der Waals surface area contributed by atoms with Gasteiger partial charge in [-0.15, -0.1) is 0 Å². The first-order valence-corrected chi connectivity index (χ1v) is 7.79. The summed E-state index contributed by atoms with van der Waals surface area (Å²) in [5, 5.41) is 0. The molecule has 0 bridgehead atoms.